The zero-order valence-electron chi connectivity index (χ0n) is 11.8. The van der Waals surface area contributed by atoms with Gasteiger partial charge in [0.05, 0.1) is 25.9 Å². The van der Waals surface area contributed by atoms with Crippen molar-refractivity contribution in [1.29, 1.82) is 0 Å². The lowest BCUT2D eigenvalue weighted by Gasteiger charge is -2.12. The molecule has 0 saturated heterocycles. The molecule has 1 aromatic rings. The van der Waals surface area contributed by atoms with E-state index in [0.717, 1.165) is 13.2 Å². The molecule has 7 nitrogen and oxygen atoms in total. The number of carboxylic acid groups (broad SMARTS) is 1. The Labute approximate surface area is 121 Å². The molecular weight excluding hydrogens is 278 g/mol. The number of methoxy groups -OCH3 is 2. The van der Waals surface area contributed by atoms with Crippen molar-refractivity contribution < 1.29 is 29.0 Å². The Morgan fingerprint density at radius 2 is 1.86 bits per heavy atom. The van der Waals surface area contributed by atoms with Crippen molar-refractivity contribution in [2.24, 2.45) is 0 Å². The molecule has 0 atom stereocenters. The van der Waals surface area contributed by atoms with Crippen molar-refractivity contribution in [1.82, 2.24) is 0 Å². The Hall–Kier alpha value is -2.83. The van der Waals surface area contributed by atoms with Gasteiger partial charge in [0.15, 0.2) is 0 Å². The number of anilines is 1. The summed E-state index contributed by atoms with van der Waals surface area (Å²) >= 11 is 0. The van der Waals surface area contributed by atoms with Crippen molar-refractivity contribution in [3.05, 3.63) is 41.1 Å². The van der Waals surface area contributed by atoms with Gasteiger partial charge in [0.25, 0.3) is 0 Å². The molecule has 0 saturated carbocycles. The minimum atomic E-state index is -1.09. The van der Waals surface area contributed by atoms with E-state index in [1.807, 2.05) is 0 Å². The summed E-state index contributed by atoms with van der Waals surface area (Å²) in [5.41, 5.74) is 0.720. The molecule has 0 aliphatic rings. The van der Waals surface area contributed by atoms with Gasteiger partial charge in [-0.3, -0.25) is 0 Å². The molecule has 21 heavy (non-hydrogen) atoms. The first-order valence-electron chi connectivity index (χ1n) is 5.88. The largest absolute Gasteiger partial charge is 0.478 e. The number of carbonyl (C=O) groups excluding carboxylic acids is 2. The van der Waals surface area contributed by atoms with Gasteiger partial charge >= 0.3 is 17.9 Å². The quantitative estimate of drug-likeness (QED) is 0.623. The van der Waals surface area contributed by atoms with Crippen LogP contribution in [0.4, 0.5) is 5.69 Å². The van der Waals surface area contributed by atoms with Crippen LogP contribution in [0.5, 0.6) is 0 Å². The number of rotatable bonds is 5. The molecule has 0 unspecified atom stereocenters. The lowest BCUT2D eigenvalue weighted by molar-refractivity contribution is -0.138. The number of esters is 2. The van der Waals surface area contributed by atoms with Gasteiger partial charge in [0.1, 0.15) is 5.70 Å². The van der Waals surface area contributed by atoms with Crippen molar-refractivity contribution in [2.75, 3.05) is 19.5 Å². The highest BCUT2D eigenvalue weighted by Gasteiger charge is 2.16. The van der Waals surface area contributed by atoms with E-state index in [1.165, 1.54) is 19.2 Å². The topological polar surface area (TPSA) is 102 Å². The van der Waals surface area contributed by atoms with Gasteiger partial charge in [0, 0.05) is 5.69 Å². The van der Waals surface area contributed by atoms with Gasteiger partial charge in [0.2, 0.25) is 0 Å². The first-order chi connectivity index (χ1) is 9.90. The third kappa shape index (κ3) is 4.07. The summed E-state index contributed by atoms with van der Waals surface area (Å²) in [6.07, 6.45) is 0.929. The van der Waals surface area contributed by atoms with Crippen molar-refractivity contribution in [3.63, 3.8) is 0 Å². The summed E-state index contributed by atoms with van der Waals surface area (Å²) in [4.78, 5) is 33.9. The Morgan fingerprint density at radius 3 is 2.38 bits per heavy atom. The van der Waals surface area contributed by atoms with Gasteiger partial charge in [-0.25, -0.2) is 14.4 Å². The van der Waals surface area contributed by atoms with Gasteiger partial charge in [-0.15, -0.1) is 0 Å². The third-order valence-electron chi connectivity index (χ3n) is 2.70. The molecule has 112 valence electrons. The second-order valence-electron chi connectivity index (χ2n) is 3.98. The fourth-order valence-electron chi connectivity index (χ4n) is 1.58. The average Bonchev–Trinajstić information content (AvgIpc) is 2.47. The second kappa shape index (κ2) is 7.09. The van der Waals surface area contributed by atoms with E-state index in [0.29, 0.717) is 11.3 Å². The summed E-state index contributed by atoms with van der Waals surface area (Å²) in [5, 5.41) is 11.7. The Morgan fingerprint density at radius 1 is 1.19 bits per heavy atom. The standard InChI is InChI=1S/C14H15NO6/c1-8-9(13(17)18)5-4-6-10(8)15-11(14(19)21-3)7-12(16)20-2/h4-7,15H,1-3H3,(H,17,18)/b11-7+. The minimum absolute atomic E-state index is 0.0854. The van der Waals surface area contributed by atoms with Crippen LogP contribution in [0, 0.1) is 6.92 Å². The molecule has 2 N–H and O–H groups in total. The zero-order chi connectivity index (χ0) is 16.0. The van der Waals surface area contributed by atoms with Crippen LogP contribution >= 0.6 is 0 Å². The molecular formula is C14H15NO6. The number of aromatic carboxylic acids is 1. The Bertz CT molecular complexity index is 605. The lowest BCUT2D eigenvalue weighted by Crippen LogP contribution is -2.16. The van der Waals surface area contributed by atoms with Crippen LogP contribution in [0.25, 0.3) is 0 Å². The van der Waals surface area contributed by atoms with E-state index >= 15 is 0 Å². The van der Waals surface area contributed by atoms with Crippen molar-refractivity contribution in [2.45, 2.75) is 6.92 Å². The third-order valence-corrected chi connectivity index (χ3v) is 2.70. The number of benzene rings is 1. The highest BCUT2D eigenvalue weighted by Crippen LogP contribution is 2.21. The predicted molar refractivity (Wildman–Crippen MR) is 73.9 cm³/mol. The molecule has 0 aromatic heterocycles. The second-order valence-corrected chi connectivity index (χ2v) is 3.98. The summed E-state index contributed by atoms with van der Waals surface area (Å²) in [6, 6.07) is 4.53. The SMILES string of the molecule is COC(=O)/C=C(/Nc1cccc(C(=O)O)c1C)C(=O)OC. The predicted octanol–water partition coefficient (Wildman–Crippen LogP) is 1.34. The van der Waals surface area contributed by atoms with Crippen LogP contribution in [0.1, 0.15) is 15.9 Å². The molecule has 0 radical (unpaired) electrons. The maximum absolute atomic E-state index is 11.6. The Balaban J connectivity index is 3.19. The number of nitrogens with one attached hydrogen (secondary N) is 1. The molecule has 1 rings (SSSR count). The maximum atomic E-state index is 11.6. The molecule has 1 aromatic carbocycles. The first-order valence-corrected chi connectivity index (χ1v) is 5.88. The van der Waals surface area contributed by atoms with Crippen molar-refractivity contribution >= 4 is 23.6 Å². The van der Waals surface area contributed by atoms with Gasteiger partial charge in [-0.05, 0) is 24.6 Å². The smallest absolute Gasteiger partial charge is 0.354 e. The minimum Gasteiger partial charge on any atom is -0.478 e. The normalized spacial score (nSPS) is 10.7. The van der Waals surface area contributed by atoms with Gasteiger partial charge in [-0.1, -0.05) is 6.07 Å². The summed E-state index contributed by atoms with van der Waals surface area (Å²) in [5.74, 6) is -2.61. The number of carboxylic acids is 1. The molecule has 0 bridgehead atoms. The van der Waals surface area contributed by atoms with E-state index in [9.17, 15) is 14.4 Å². The Kier molecular flexibility index (Phi) is 5.48. The van der Waals surface area contributed by atoms with E-state index in [1.54, 1.807) is 13.0 Å². The van der Waals surface area contributed by atoms with Crippen molar-refractivity contribution in [3.8, 4) is 0 Å². The van der Waals surface area contributed by atoms with Crippen LogP contribution in [0.3, 0.4) is 0 Å². The van der Waals surface area contributed by atoms with Crippen LogP contribution < -0.4 is 5.32 Å². The zero-order valence-corrected chi connectivity index (χ0v) is 11.8. The van der Waals surface area contributed by atoms with E-state index in [2.05, 4.69) is 14.8 Å². The fraction of sp³-hybridized carbons (Fsp3) is 0.214. The molecule has 0 aliphatic heterocycles. The summed E-state index contributed by atoms with van der Waals surface area (Å²) in [6.45, 7) is 1.58. The highest BCUT2D eigenvalue weighted by molar-refractivity contribution is 5.99. The molecule has 0 aliphatic carbocycles. The fourth-order valence-corrected chi connectivity index (χ4v) is 1.58. The summed E-state index contributed by atoms with van der Waals surface area (Å²) < 4.78 is 9.00. The molecule has 0 heterocycles. The van der Waals surface area contributed by atoms with Crippen LogP contribution in [-0.4, -0.2) is 37.2 Å². The molecule has 0 spiro atoms. The van der Waals surface area contributed by atoms with Crippen LogP contribution in [0.2, 0.25) is 0 Å². The highest BCUT2D eigenvalue weighted by atomic mass is 16.5. The molecule has 7 heteroatoms. The maximum Gasteiger partial charge on any atom is 0.354 e. The van der Waals surface area contributed by atoms with Crippen LogP contribution in [-0.2, 0) is 19.1 Å². The number of hydrogen-bond acceptors (Lipinski definition) is 6. The average molecular weight is 293 g/mol. The van der Waals surface area contributed by atoms with E-state index in [-0.39, 0.29) is 11.3 Å². The number of carbonyl (C=O) groups is 3. The lowest BCUT2D eigenvalue weighted by atomic mass is 10.1. The van der Waals surface area contributed by atoms with E-state index < -0.39 is 17.9 Å². The first kappa shape index (κ1) is 16.2. The molecule has 0 amide bonds. The summed E-state index contributed by atoms with van der Waals surface area (Å²) in [7, 11) is 2.33. The van der Waals surface area contributed by atoms with Crippen LogP contribution in [0.15, 0.2) is 30.0 Å². The monoisotopic (exact) mass is 293 g/mol. The van der Waals surface area contributed by atoms with E-state index in [4.69, 9.17) is 5.11 Å². The van der Waals surface area contributed by atoms with Gasteiger partial charge < -0.3 is 19.9 Å². The number of hydrogen-bond donors (Lipinski definition) is 2. The number of ether oxygens (including phenoxy) is 2. The van der Waals surface area contributed by atoms with Gasteiger partial charge in [-0.2, -0.15) is 0 Å². The molecule has 0 fully saturated rings.